The average Bonchev–Trinajstić information content (AvgIpc) is 2.15. The van der Waals surface area contributed by atoms with Crippen LogP contribution in [-0.4, -0.2) is 16.7 Å². The highest BCUT2D eigenvalue weighted by atomic mass is 16.6. The molecule has 15 heavy (non-hydrogen) atoms. The smallest absolute Gasteiger partial charge is 0.520 e. The molecule has 1 N–H and O–H groups in total. The molecule has 0 aliphatic rings. The van der Waals surface area contributed by atoms with Crippen LogP contribution in [0.1, 0.15) is 20.8 Å². The molecule has 0 saturated heterocycles. The molecule has 0 radical (unpaired) electrons. The first-order chi connectivity index (χ1) is 6.90. The van der Waals surface area contributed by atoms with Crippen molar-refractivity contribution in [3.05, 3.63) is 29.7 Å². The Morgan fingerprint density at radius 3 is 2.40 bits per heavy atom. The van der Waals surface area contributed by atoms with E-state index in [2.05, 4.69) is 4.98 Å². The monoisotopic (exact) mass is 210 g/mol. The van der Waals surface area contributed by atoms with E-state index in [1.165, 1.54) is 24.5 Å². The van der Waals surface area contributed by atoms with Gasteiger partial charge in [-0.1, -0.05) is 0 Å². The predicted molar refractivity (Wildman–Crippen MR) is 54.5 cm³/mol. The fourth-order valence-corrected chi connectivity index (χ4v) is 0.946. The number of nitrogens with one attached hydrogen (secondary N) is 1. The van der Waals surface area contributed by atoms with E-state index >= 15 is 0 Å². The van der Waals surface area contributed by atoms with Crippen LogP contribution in [0.4, 0.5) is 10.5 Å². The minimum absolute atomic E-state index is 0.291. The van der Waals surface area contributed by atoms with Crippen molar-refractivity contribution in [1.29, 1.82) is 0 Å². The first kappa shape index (κ1) is 11.6. The minimum atomic E-state index is -0.839. The zero-order valence-electron chi connectivity index (χ0n) is 8.98. The molecule has 0 fully saturated rings. The van der Waals surface area contributed by atoms with E-state index in [1.807, 2.05) is 0 Å². The zero-order valence-corrected chi connectivity index (χ0v) is 8.98. The Morgan fingerprint density at radius 1 is 1.40 bits per heavy atom. The maximum Gasteiger partial charge on any atom is 0.520 e. The number of hydrogen-bond acceptors (Lipinski definition) is 4. The Kier molecular flexibility index (Phi) is 3.39. The number of amides is 1. The van der Waals surface area contributed by atoms with Crippen molar-refractivity contribution >= 4 is 11.8 Å². The van der Waals surface area contributed by atoms with Crippen molar-refractivity contribution in [2.24, 2.45) is 0 Å². The second kappa shape index (κ2) is 4.37. The summed E-state index contributed by atoms with van der Waals surface area (Å²) >= 11 is 0. The average molecular weight is 210 g/mol. The Hall–Kier alpha value is -1.46. The number of hydroxylamine groups is 1. The highest BCUT2D eigenvalue weighted by molar-refractivity contribution is 5.61. The third kappa shape index (κ3) is 3.65. The van der Waals surface area contributed by atoms with Crippen LogP contribution in [0.15, 0.2) is 24.5 Å². The lowest BCUT2D eigenvalue weighted by Gasteiger charge is -2.24. The second-order valence-electron chi connectivity index (χ2n) is 4.07. The van der Waals surface area contributed by atoms with Gasteiger partial charge in [-0.15, -0.1) is 0 Å². The van der Waals surface area contributed by atoms with E-state index in [4.69, 9.17) is 4.74 Å². The fourth-order valence-electron chi connectivity index (χ4n) is 0.946. The number of nitrogens with zero attached hydrogens (tertiary/aromatic N) is 1. The molecule has 1 atom stereocenters. The van der Waals surface area contributed by atoms with E-state index in [1.54, 1.807) is 20.8 Å². The topological polar surface area (TPSA) is 66.7 Å². The molecule has 1 unspecified atom stereocenters. The standard InChI is InChI=1S/C10H14N2O3/c1-10(2,3)15-9(13)12(14)8-4-6-11-7-5-8/h4-7,12H,1-3H3. The molecular weight excluding hydrogens is 196 g/mol. The Morgan fingerprint density at radius 2 is 1.93 bits per heavy atom. The van der Waals surface area contributed by atoms with Crippen LogP contribution in [0.5, 0.6) is 0 Å². The van der Waals surface area contributed by atoms with Crippen LogP contribution in [0.3, 0.4) is 0 Å². The number of quaternary nitrogens is 1. The Labute approximate surface area is 88.3 Å². The van der Waals surface area contributed by atoms with Crippen molar-refractivity contribution in [1.82, 2.24) is 4.98 Å². The zero-order chi connectivity index (χ0) is 11.5. The molecule has 0 aromatic carbocycles. The van der Waals surface area contributed by atoms with Crippen molar-refractivity contribution in [2.45, 2.75) is 26.4 Å². The summed E-state index contributed by atoms with van der Waals surface area (Å²) in [5, 5.41) is 10.9. The SMILES string of the molecule is CC(C)(C)OC(=O)[NH+]([O-])c1ccncc1. The fraction of sp³-hybridized carbons (Fsp3) is 0.400. The lowest BCUT2D eigenvalue weighted by molar-refractivity contribution is -0.694. The number of aromatic nitrogens is 1. The van der Waals surface area contributed by atoms with Gasteiger partial charge in [-0.3, -0.25) is 4.98 Å². The summed E-state index contributed by atoms with van der Waals surface area (Å²) in [5.41, 5.74) is -0.362. The summed E-state index contributed by atoms with van der Waals surface area (Å²) in [4.78, 5) is 15.1. The number of rotatable bonds is 1. The predicted octanol–water partition coefficient (Wildman–Crippen LogP) is 1.03. The molecule has 0 aliphatic heterocycles. The number of carbonyl (C=O) groups excluding carboxylic acids is 1. The Balaban J connectivity index is 2.70. The molecule has 0 bridgehead atoms. The molecule has 1 aromatic rings. The summed E-state index contributed by atoms with van der Waals surface area (Å²) in [6.07, 6.45) is 2.07. The van der Waals surface area contributed by atoms with Crippen LogP contribution in [-0.2, 0) is 4.74 Å². The number of pyridine rings is 1. The summed E-state index contributed by atoms with van der Waals surface area (Å²) in [5.74, 6) is 0. The van der Waals surface area contributed by atoms with Gasteiger partial charge >= 0.3 is 6.09 Å². The molecule has 1 heterocycles. The maximum absolute atomic E-state index is 11.5. The summed E-state index contributed by atoms with van der Waals surface area (Å²) in [6, 6.07) is 2.96. The van der Waals surface area contributed by atoms with Crippen molar-refractivity contribution in [3.8, 4) is 0 Å². The van der Waals surface area contributed by atoms with Gasteiger partial charge in [0.05, 0.1) is 0 Å². The van der Waals surface area contributed by atoms with Crippen LogP contribution in [0.25, 0.3) is 0 Å². The third-order valence-corrected chi connectivity index (χ3v) is 1.53. The normalized spacial score (nSPS) is 13.3. The van der Waals surface area contributed by atoms with Crippen molar-refractivity contribution in [2.75, 3.05) is 0 Å². The Bertz CT molecular complexity index is 332. The maximum atomic E-state index is 11.5. The first-order valence-corrected chi connectivity index (χ1v) is 4.58. The van der Waals surface area contributed by atoms with Gasteiger partial charge in [0.25, 0.3) is 0 Å². The number of hydrogen-bond donors (Lipinski definition) is 1. The molecule has 1 amide bonds. The van der Waals surface area contributed by atoms with Crippen LogP contribution >= 0.6 is 0 Å². The van der Waals surface area contributed by atoms with E-state index in [0.717, 1.165) is 0 Å². The van der Waals surface area contributed by atoms with Crippen molar-refractivity contribution in [3.63, 3.8) is 0 Å². The lowest BCUT2D eigenvalue weighted by atomic mass is 10.2. The third-order valence-electron chi connectivity index (χ3n) is 1.53. The number of carbonyl (C=O) groups is 1. The number of ether oxygens (including phenoxy) is 1. The minimum Gasteiger partial charge on any atom is -0.619 e. The molecule has 0 spiro atoms. The van der Waals surface area contributed by atoms with Crippen LogP contribution in [0.2, 0.25) is 0 Å². The molecular formula is C10H14N2O3. The van der Waals surface area contributed by atoms with Gasteiger partial charge in [-0.05, 0) is 20.8 Å². The van der Waals surface area contributed by atoms with E-state index < -0.39 is 16.8 Å². The molecule has 0 saturated carbocycles. The largest absolute Gasteiger partial charge is 0.619 e. The van der Waals surface area contributed by atoms with E-state index in [-0.39, 0.29) is 0 Å². The van der Waals surface area contributed by atoms with Crippen LogP contribution < -0.4 is 5.06 Å². The van der Waals surface area contributed by atoms with Gasteiger partial charge in [0.1, 0.15) is 11.3 Å². The van der Waals surface area contributed by atoms with Gasteiger partial charge in [0.2, 0.25) is 0 Å². The first-order valence-electron chi connectivity index (χ1n) is 4.58. The quantitative estimate of drug-likeness (QED) is 0.703. The van der Waals surface area contributed by atoms with Gasteiger partial charge in [0.15, 0.2) is 0 Å². The second-order valence-corrected chi connectivity index (χ2v) is 4.07. The molecule has 1 rings (SSSR count). The van der Waals surface area contributed by atoms with Gasteiger partial charge < -0.3 is 9.94 Å². The molecule has 0 aliphatic carbocycles. The highest BCUT2D eigenvalue weighted by Crippen LogP contribution is 2.06. The lowest BCUT2D eigenvalue weighted by Crippen LogP contribution is -3.05. The van der Waals surface area contributed by atoms with Gasteiger partial charge in [-0.25, -0.2) is 5.06 Å². The summed E-state index contributed by atoms with van der Waals surface area (Å²) in [6.45, 7) is 5.14. The van der Waals surface area contributed by atoms with Crippen LogP contribution in [0, 0.1) is 5.21 Å². The van der Waals surface area contributed by atoms with Crippen molar-refractivity contribution < 1.29 is 14.6 Å². The molecule has 5 heteroatoms. The molecule has 82 valence electrons. The summed E-state index contributed by atoms with van der Waals surface area (Å²) < 4.78 is 4.95. The molecule has 5 nitrogen and oxygen atoms in total. The van der Waals surface area contributed by atoms with E-state index in [9.17, 15) is 10.0 Å². The molecule has 1 aromatic heterocycles. The summed E-state index contributed by atoms with van der Waals surface area (Å²) in [7, 11) is 0. The van der Waals surface area contributed by atoms with Gasteiger partial charge in [-0.2, -0.15) is 4.79 Å². The van der Waals surface area contributed by atoms with E-state index in [0.29, 0.717) is 5.69 Å². The van der Waals surface area contributed by atoms with Gasteiger partial charge in [0, 0.05) is 24.5 Å². The highest BCUT2D eigenvalue weighted by Gasteiger charge is 2.23.